The topological polar surface area (TPSA) is 104 Å². The maximum Gasteiger partial charge on any atom is 0.224 e. The molecule has 1 aromatic carbocycles. The summed E-state index contributed by atoms with van der Waals surface area (Å²) in [5, 5.41) is 14.2. The van der Waals surface area contributed by atoms with Crippen LogP contribution in [0, 0.1) is 11.3 Å². The summed E-state index contributed by atoms with van der Waals surface area (Å²) in [7, 11) is 0. The van der Waals surface area contributed by atoms with Gasteiger partial charge in [-0.2, -0.15) is 0 Å². The van der Waals surface area contributed by atoms with Gasteiger partial charge in [0.2, 0.25) is 5.91 Å². The number of nitrogens with zero attached hydrogens (tertiary/aromatic N) is 1. The zero-order valence-corrected chi connectivity index (χ0v) is 17.4. The van der Waals surface area contributed by atoms with Crippen molar-refractivity contribution in [2.75, 3.05) is 17.2 Å². The van der Waals surface area contributed by atoms with E-state index in [1.54, 1.807) is 18.5 Å². The van der Waals surface area contributed by atoms with Gasteiger partial charge in [-0.05, 0) is 48.9 Å². The van der Waals surface area contributed by atoms with Crippen LogP contribution in [-0.4, -0.2) is 35.7 Å². The van der Waals surface area contributed by atoms with Gasteiger partial charge in [-0.15, -0.1) is 0 Å². The van der Waals surface area contributed by atoms with Gasteiger partial charge < -0.3 is 15.4 Å². The Labute approximate surface area is 176 Å². The van der Waals surface area contributed by atoms with E-state index in [1.807, 2.05) is 32.0 Å². The lowest BCUT2D eigenvalue weighted by molar-refractivity contribution is -0.116. The molecule has 1 amide bonds. The van der Waals surface area contributed by atoms with E-state index in [1.165, 1.54) is 0 Å². The van der Waals surface area contributed by atoms with Crippen LogP contribution in [0.3, 0.4) is 0 Å². The normalized spacial score (nSPS) is 16.2. The van der Waals surface area contributed by atoms with Crippen LogP contribution in [0.1, 0.15) is 45.1 Å². The van der Waals surface area contributed by atoms with Gasteiger partial charge in [0.05, 0.1) is 11.9 Å². The monoisotopic (exact) mass is 408 g/mol. The highest BCUT2D eigenvalue weighted by Crippen LogP contribution is 2.28. The van der Waals surface area contributed by atoms with Crippen LogP contribution in [0.2, 0.25) is 0 Å². The number of hydrogen-bond acceptors (Lipinski definition) is 6. The van der Waals surface area contributed by atoms with Crippen LogP contribution >= 0.6 is 0 Å². The molecule has 1 unspecified atom stereocenters. The molecule has 2 aromatic rings. The zero-order valence-electron chi connectivity index (χ0n) is 17.4. The fourth-order valence-corrected chi connectivity index (χ4v) is 3.41. The summed E-state index contributed by atoms with van der Waals surface area (Å²) in [6.07, 6.45) is 7.16. The van der Waals surface area contributed by atoms with Crippen molar-refractivity contribution in [1.82, 2.24) is 4.98 Å². The Balaban J connectivity index is 1.85. The Morgan fingerprint density at radius 1 is 1.27 bits per heavy atom. The van der Waals surface area contributed by atoms with Crippen molar-refractivity contribution in [2.45, 2.75) is 45.8 Å². The van der Waals surface area contributed by atoms with Crippen molar-refractivity contribution in [3.8, 4) is 11.1 Å². The standard InChI is InChI=1S/C23H28N4O3/c1-15(2)9-22(29)26-18-10-17(12-25-13-18)16-6-7-21(19(11-16)20(24)14-28)27-23-5-3-4-8-30-23/h6-7,10-15,23-24,27H,3-5,8-9H2,1-2H3,(H,26,29). The highest BCUT2D eigenvalue weighted by atomic mass is 16.5. The summed E-state index contributed by atoms with van der Waals surface area (Å²) in [4.78, 5) is 27.6. The zero-order chi connectivity index (χ0) is 21.5. The number of amides is 1. The quantitative estimate of drug-likeness (QED) is 0.448. The van der Waals surface area contributed by atoms with Crippen molar-refractivity contribution in [3.05, 3.63) is 42.2 Å². The van der Waals surface area contributed by atoms with E-state index in [0.29, 0.717) is 36.3 Å². The van der Waals surface area contributed by atoms with Crippen molar-refractivity contribution < 1.29 is 14.3 Å². The summed E-state index contributed by atoms with van der Waals surface area (Å²) in [6.45, 7) is 4.69. The number of ether oxygens (including phenoxy) is 1. The van der Waals surface area contributed by atoms with Crippen molar-refractivity contribution in [3.63, 3.8) is 0 Å². The molecule has 7 heteroatoms. The fourth-order valence-electron chi connectivity index (χ4n) is 3.41. The van der Waals surface area contributed by atoms with Gasteiger partial charge in [-0.1, -0.05) is 19.9 Å². The number of carbonyl (C=O) groups excluding carboxylic acids is 2. The molecular weight excluding hydrogens is 380 g/mol. The van der Waals surface area contributed by atoms with Gasteiger partial charge in [-0.3, -0.25) is 20.0 Å². The molecule has 0 aliphatic carbocycles. The number of nitrogens with one attached hydrogen (secondary N) is 3. The number of benzene rings is 1. The van der Waals surface area contributed by atoms with E-state index in [2.05, 4.69) is 15.6 Å². The molecular formula is C23H28N4O3. The number of anilines is 2. The van der Waals surface area contributed by atoms with Gasteiger partial charge in [0, 0.05) is 36.0 Å². The van der Waals surface area contributed by atoms with Crippen LogP contribution < -0.4 is 10.6 Å². The van der Waals surface area contributed by atoms with Gasteiger partial charge in [-0.25, -0.2) is 0 Å². The maximum absolute atomic E-state index is 12.1. The van der Waals surface area contributed by atoms with Gasteiger partial charge >= 0.3 is 0 Å². The first-order valence-corrected chi connectivity index (χ1v) is 10.3. The predicted molar refractivity (Wildman–Crippen MR) is 118 cm³/mol. The van der Waals surface area contributed by atoms with E-state index >= 15 is 0 Å². The number of aldehydes is 1. The van der Waals surface area contributed by atoms with Crippen molar-refractivity contribution in [1.29, 1.82) is 5.41 Å². The summed E-state index contributed by atoms with van der Waals surface area (Å²) < 4.78 is 5.73. The predicted octanol–water partition coefficient (Wildman–Crippen LogP) is 4.24. The molecule has 0 saturated carbocycles. The maximum atomic E-state index is 12.1. The lowest BCUT2D eigenvalue weighted by Gasteiger charge is -2.25. The third-order valence-corrected chi connectivity index (χ3v) is 4.87. The van der Waals surface area contributed by atoms with Crippen LogP contribution in [0.4, 0.5) is 11.4 Å². The van der Waals surface area contributed by atoms with Crippen molar-refractivity contribution >= 4 is 29.3 Å². The summed E-state index contributed by atoms with van der Waals surface area (Å²) in [5.74, 6) is 0.214. The molecule has 0 radical (unpaired) electrons. The fraction of sp³-hybridized carbons (Fsp3) is 0.391. The first-order chi connectivity index (χ1) is 14.5. The molecule has 1 fully saturated rings. The Morgan fingerprint density at radius 3 is 2.80 bits per heavy atom. The third-order valence-electron chi connectivity index (χ3n) is 4.87. The van der Waals surface area contributed by atoms with Crippen molar-refractivity contribution in [2.24, 2.45) is 5.92 Å². The first kappa shape index (κ1) is 21.6. The summed E-state index contributed by atoms with van der Waals surface area (Å²) >= 11 is 0. The highest BCUT2D eigenvalue weighted by molar-refractivity contribution is 6.36. The second kappa shape index (κ2) is 10.1. The largest absolute Gasteiger partial charge is 0.360 e. The molecule has 158 valence electrons. The van der Waals surface area contributed by atoms with Gasteiger partial charge in [0.1, 0.15) is 11.9 Å². The Bertz CT molecular complexity index is 920. The van der Waals surface area contributed by atoms with E-state index in [9.17, 15) is 9.59 Å². The first-order valence-electron chi connectivity index (χ1n) is 10.3. The van der Waals surface area contributed by atoms with E-state index in [-0.39, 0.29) is 23.8 Å². The van der Waals surface area contributed by atoms with Gasteiger partial charge in [0.25, 0.3) is 0 Å². The van der Waals surface area contributed by atoms with Crippen LogP contribution in [0.25, 0.3) is 11.1 Å². The second-order valence-electron chi connectivity index (χ2n) is 7.90. The van der Waals surface area contributed by atoms with E-state index < -0.39 is 0 Å². The molecule has 1 saturated heterocycles. The number of rotatable bonds is 8. The molecule has 2 heterocycles. The number of pyridine rings is 1. The highest BCUT2D eigenvalue weighted by Gasteiger charge is 2.17. The molecule has 1 aromatic heterocycles. The Morgan fingerprint density at radius 2 is 2.10 bits per heavy atom. The molecule has 30 heavy (non-hydrogen) atoms. The molecule has 1 atom stereocenters. The minimum absolute atomic E-state index is 0.0561. The van der Waals surface area contributed by atoms with Crippen LogP contribution in [-0.2, 0) is 14.3 Å². The summed E-state index contributed by atoms with van der Waals surface area (Å²) in [5.41, 5.74) is 3.30. The molecule has 0 bridgehead atoms. The molecule has 1 aliphatic heterocycles. The minimum Gasteiger partial charge on any atom is -0.360 e. The van der Waals surface area contributed by atoms with Crippen LogP contribution in [0.5, 0.6) is 0 Å². The van der Waals surface area contributed by atoms with Crippen LogP contribution in [0.15, 0.2) is 36.7 Å². The molecule has 3 N–H and O–H groups in total. The van der Waals surface area contributed by atoms with E-state index in [0.717, 1.165) is 30.4 Å². The SMILES string of the molecule is CC(C)CC(=O)Nc1cncc(-c2ccc(NC3CCCCO3)c(C(=N)C=O)c2)c1. The van der Waals surface area contributed by atoms with E-state index in [4.69, 9.17) is 10.1 Å². The second-order valence-corrected chi connectivity index (χ2v) is 7.90. The lowest BCUT2D eigenvalue weighted by atomic mass is 10.00. The third kappa shape index (κ3) is 5.73. The number of hydrogen-bond donors (Lipinski definition) is 3. The Kier molecular flexibility index (Phi) is 7.30. The molecule has 1 aliphatic rings. The lowest BCUT2D eigenvalue weighted by Crippen LogP contribution is -2.28. The number of aromatic nitrogens is 1. The Hall–Kier alpha value is -3.06. The van der Waals surface area contributed by atoms with Gasteiger partial charge in [0.15, 0.2) is 6.29 Å². The average Bonchev–Trinajstić information content (AvgIpc) is 2.73. The molecule has 0 spiro atoms. The minimum atomic E-state index is -0.121. The smallest absolute Gasteiger partial charge is 0.224 e. The summed E-state index contributed by atoms with van der Waals surface area (Å²) in [6, 6.07) is 7.39. The molecule has 3 rings (SSSR count). The number of carbonyl (C=O) groups is 2. The average molecular weight is 409 g/mol. The molecule has 7 nitrogen and oxygen atoms in total.